The van der Waals surface area contributed by atoms with Gasteiger partial charge in [-0.2, -0.15) is 11.8 Å². The topological polar surface area (TPSA) is 58.6 Å². The summed E-state index contributed by atoms with van der Waals surface area (Å²) in [5.74, 6) is -0.252. The highest BCUT2D eigenvalue weighted by Crippen LogP contribution is 2.15. The van der Waals surface area contributed by atoms with Crippen LogP contribution in [0.4, 0.5) is 0 Å². The Labute approximate surface area is 121 Å². The highest BCUT2D eigenvalue weighted by Gasteiger charge is 2.23. The molecule has 0 heterocycles. The van der Waals surface area contributed by atoms with Crippen molar-refractivity contribution in [2.75, 3.05) is 12.8 Å². The third-order valence-corrected chi connectivity index (χ3v) is 3.79. The molecular weight excluding hydrogens is 262 g/mol. The summed E-state index contributed by atoms with van der Waals surface area (Å²) in [6, 6.07) is -0.359. The third-order valence-electron chi connectivity index (χ3n) is 2.70. The second kappa shape index (κ2) is 8.82. The van der Waals surface area contributed by atoms with E-state index in [1.54, 1.807) is 18.7 Å². The van der Waals surface area contributed by atoms with Crippen LogP contribution in [0.5, 0.6) is 0 Å². The highest BCUT2D eigenvalue weighted by molar-refractivity contribution is 7.99. The molecule has 0 fully saturated rings. The molecule has 0 spiro atoms. The minimum absolute atomic E-state index is 0.102. The molecule has 0 aromatic rings. The molecule has 0 aliphatic heterocycles. The molecule has 0 saturated carbocycles. The molecule has 4 nitrogen and oxygen atoms in total. The molecule has 0 radical (unpaired) electrons. The van der Waals surface area contributed by atoms with Crippen LogP contribution in [0.15, 0.2) is 0 Å². The SMILES string of the molecule is CCC[C@H](O)[C@@H](CN[C@@H](C)C(=O)OC(C)(C)C)SC. The first-order chi connectivity index (χ1) is 8.71. The van der Waals surface area contributed by atoms with Gasteiger partial charge in [-0.1, -0.05) is 13.3 Å². The number of rotatable bonds is 8. The van der Waals surface area contributed by atoms with E-state index >= 15 is 0 Å². The maximum atomic E-state index is 11.8. The fraction of sp³-hybridized carbons (Fsp3) is 0.929. The van der Waals surface area contributed by atoms with E-state index in [0.29, 0.717) is 6.54 Å². The van der Waals surface area contributed by atoms with E-state index in [0.717, 1.165) is 12.8 Å². The molecular formula is C14H29NO3S. The summed E-state index contributed by atoms with van der Waals surface area (Å²) in [4.78, 5) is 11.8. The third kappa shape index (κ3) is 8.50. The standard InChI is InChI=1S/C14H29NO3S/c1-7-8-11(16)12(19-6)9-15-10(2)13(17)18-14(3,4)5/h10-12,15-16H,7-9H2,1-6H3/t10-,11-,12+/m0/s1. The van der Waals surface area contributed by atoms with Gasteiger partial charge in [0.15, 0.2) is 0 Å². The number of hydrogen-bond acceptors (Lipinski definition) is 5. The van der Waals surface area contributed by atoms with E-state index in [1.165, 1.54) is 0 Å². The number of esters is 1. The smallest absolute Gasteiger partial charge is 0.323 e. The summed E-state index contributed by atoms with van der Waals surface area (Å²) in [7, 11) is 0. The van der Waals surface area contributed by atoms with Gasteiger partial charge in [-0.05, 0) is 40.4 Å². The van der Waals surface area contributed by atoms with Gasteiger partial charge >= 0.3 is 5.97 Å². The maximum absolute atomic E-state index is 11.8. The molecule has 5 heteroatoms. The zero-order chi connectivity index (χ0) is 15.1. The molecule has 2 N–H and O–H groups in total. The van der Waals surface area contributed by atoms with Crippen LogP contribution in [0.25, 0.3) is 0 Å². The van der Waals surface area contributed by atoms with Gasteiger partial charge in [-0.25, -0.2) is 0 Å². The first kappa shape index (κ1) is 18.7. The van der Waals surface area contributed by atoms with E-state index in [2.05, 4.69) is 12.2 Å². The van der Waals surface area contributed by atoms with Crippen LogP contribution in [0, 0.1) is 0 Å². The molecule has 0 rings (SSSR count). The second-order valence-electron chi connectivity index (χ2n) is 5.79. The average Bonchev–Trinajstić information content (AvgIpc) is 2.27. The molecule has 3 atom stereocenters. The lowest BCUT2D eigenvalue weighted by Gasteiger charge is -2.25. The Morgan fingerprint density at radius 3 is 2.42 bits per heavy atom. The van der Waals surface area contributed by atoms with Gasteiger partial charge in [0.1, 0.15) is 11.6 Å². The van der Waals surface area contributed by atoms with Crippen molar-refractivity contribution < 1.29 is 14.6 Å². The van der Waals surface area contributed by atoms with Gasteiger partial charge in [0.05, 0.1) is 6.10 Å². The summed E-state index contributed by atoms with van der Waals surface area (Å²) in [6.45, 7) is 10.0. The largest absolute Gasteiger partial charge is 0.459 e. The summed E-state index contributed by atoms with van der Waals surface area (Å²) < 4.78 is 5.30. The summed E-state index contributed by atoms with van der Waals surface area (Å²) in [5.41, 5.74) is -0.465. The van der Waals surface area contributed by atoms with E-state index < -0.39 is 5.60 Å². The van der Waals surface area contributed by atoms with E-state index in [1.807, 2.05) is 27.0 Å². The lowest BCUT2D eigenvalue weighted by molar-refractivity contribution is -0.156. The minimum Gasteiger partial charge on any atom is -0.459 e. The number of carbonyl (C=O) groups excluding carboxylic acids is 1. The summed E-state index contributed by atoms with van der Waals surface area (Å²) in [5, 5.41) is 13.2. The number of hydrogen-bond donors (Lipinski definition) is 2. The van der Waals surface area contributed by atoms with Crippen molar-refractivity contribution in [1.29, 1.82) is 0 Å². The molecule has 0 aliphatic rings. The van der Waals surface area contributed by atoms with E-state index in [-0.39, 0.29) is 23.4 Å². The van der Waals surface area contributed by atoms with Gasteiger partial charge in [-0.3, -0.25) is 4.79 Å². The molecule has 0 unspecified atom stereocenters. The van der Waals surface area contributed by atoms with Crippen molar-refractivity contribution in [2.45, 2.75) is 70.5 Å². The fourth-order valence-electron chi connectivity index (χ4n) is 1.62. The van der Waals surface area contributed by atoms with Crippen molar-refractivity contribution >= 4 is 17.7 Å². The second-order valence-corrected chi connectivity index (χ2v) is 6.87. The predicted octanol–water partition coefficient (Wildman–Crippen LogP) is 2.20. The van der Waals surface area contributed by atoms with Gasteiger partial charge in [0, 0.05) is 11.8 Å². The molecule has 19 heavy (non-hydrogen) atoms. The molecule has 0 bridgehead atoms. The lowest BCUT2D eigenvalue weighted by Crippen LogP contribution is -2.44. The number of ether oxygens (including phenoxy) is 1. The number of aliphatic hydroxyl groups excluding tert-OH is 1. The Bertz CT molecular complexity index is 266. The fourth-order valence-corrected chi connectivity index (χ4v) is 2.34. The molecule has 0 aromatic heterocycles. The van der Waals surface area contributed by atoms with Crippen molar-refractivity contribution in [3.05, 3.63) is 0 Å². The number of aliphatic hydroxyl groups is 1. The van der Waals surface area contributed by atoms with Crippen LogP contribution in [0.1, 0.15) is 47.5 Å². The molecule has 0 aromatic carbocycles. The Balaban J connectivity index is 4.18. The van der Waals surface area contributed by atoms with Gasteiger partial charge in [-0.15, -0.1) is 0 Å². The highest BCUT2D eigenvalue weighted by atomic mass is 32.2. The van der Waals surface area contributed by atoms with Crippen LogP contribution >= 0.6 is 11.8 Å². The molecule has 114 valence electrons. The summed E-state index contributed by atoms with van der Waals surface area (Å²) >= 11 is 1.62. The molecule has 0 saturated heterocycles. The van der Waals surface area contributed by atoms with Crippen LogP contribution in [-0.2, 0) is 9.53 Å². The van der Waals surface area contributed by atoms with Crippen molar-refractivity contribution in [2.24, 2.45) is 0 Å². The number of nitrogens with one attached hydrogen (secondary N) is 1. The minimum atomic E-state index is -0.465. The first-order valence-corrected chi connectivity index (χ1v) is 8.17. The zero-order valence-corrected chi connectivity index (χ0v) is 13.8. The maximum Gasteiger partial charge on any atom is 0.323 e. The van der Waals surface area contributed by atoms with Crippen molar-refractivity contribution in [3.8, 4) is 0 Å². The summed E-state index contributed by atoms with van der Waals surface area (Å²) in [6.07, 6.45) is 3.38. The Morgan fingerprint density at radius 1 is 1.42 bits per heavy atom. The number of thioether (sulfide) groups is 1. The van der Waals surface area contributed by atoms with Crippen molar-refractivity contribution in [3.63, 3.8) is 0 Å². The normalized spacial score (nSPS) is 16.8. The molecule has 0 aliphatic carbocycles. The molecule has 0 amide bonds. The van der Waals surface area contributed by atoms with E-state index in [4.69, 9.17) is 4.74 Å². The van der Waals surface area contributed by atoms with Crippen LogP contribution in [0.3, 0.4) is 0 Å². The van der Waals surface area contributed by atoms with Gasteiger partial charge in [0.25, 0.3) is 0 Å². The first-order valence-electron chi connectivity index (χ1n) is 6.88. The van der Waals surface area contributed by atoms with Crippen LogP contribution in [-0.4, -0.2) is 46.9 Å². The Kier molecular flexibility index (Phi) is 8.70. The predicted molar refractivity (Wildman–Crippen MR) is 81.5 cm³/mol. The lowest BCUT2D eigenvalue weighted by atomic mass is 10.1. The van der Waals surface area contributed by atoms with Gasteiger partial charge in [0.2, 0.25) is 0 Å². The van der Waals surface area contributed by atoms with Crippen LogP contribution in [0.2, 0.25) is 0 Å². The van der Waals surface area contributed by atoms with Gasteiger partial charge < -0.3 is 15.2 Å². The van der Waals surface area contributed by atoms with Crippen LogP contribution < -0.4 is 5.32 Å². The van der Waals surface area contributed by atoms with E-state index in [9.17, 15) is 9.90 Å². The Hall–Kier alpha value is -0.260. The Morgan fingerprint density at radius 2 is 2.00 bits per heavy atom. The number of carbonyl (C=O) groups is 1. The monoisotopic (exact) mass is 291 g/mol. The zero-order valence-electron chi connectivity index (χ0n) is 13.0. The quantitative estimate of drug-likeness (QED) is 0.671. The van der Waals surface area contributed by atoms with Crippen molar-refractivity contribution in [1.82, 2.24) is 5.32 Å². The average molecular weight is 291 g/mol.